The second-order valence-electron chi connectivity index (χ2n) is 2.73. The van der Waals surface area contributed by atoms with E-state index in [9.17, 15) is 0 Å². The Morgan fingerprint density at radius 2 is 2.18 bits per heavy atom. The molecule has 11 heavy (non-hydrogen) atoms. The van der Waals surface area contributed by atoms with Crippen molar-refractivity contribution in [1.29, 1.82) is 0 Å². The average Bonchev–Trinajstić information content (AvgIpc) is 2.50. The summed E-state index contributed by atoms with van der Waals surface area (Å²) < 4.78 is 0. The first-order chi connectivity index (χ1) is 5.43. The van der Waals surface area contributed by atoms with Gasteiger partial charge in [-0.15, -0.1) is 0 Å². The van der Waals surface area contributed by atoms with Crippen LogP contribution in [-0.4, -0.2) is 6.54 Å². The zero-order valence-corrected chi connectivity index (χ0v) is 7.57. The summed E-state index contributed by atoms with van der Waals surface area (Å²) in [6.45, 7) is 0.837. The molecule has 1 aromatic rings. The monoisotopic (exact) mass is 169 g/mol. The topological polar surface area (TPSA) is 26.0 Å². The number of nitrogens with two attached hydrogens (primary N) is 1. The fourth-order valence-corrected chi connectivity index (χ4v) is 1.79. The minimum absolute atomic E-state index is 0.837. The summed E-state index contributed by atoms with van der Waals surface area (Å²) in [5.41, 5.74) is 6.87. The molecule has 2 N–H and O–H groups in total. The summed E-state index contributed by atoms with van der Waals surface area (Å²) in [5, 5.41) is 4.36. The summed E-state index contributed by atoms with van der Waals surface area (Å²) >= 11 is 1.78. The number of aryl methyl sites for hydroxylation is 1. The Hall–Kier alpha value is -0.340. The van der Waals surface area contributed by atoms with E-state index in [1.54, 1.807) is 11.3 Å². The van der Waals surface area contributed by atoms with Gasteiger partial charge >= 0.3 is 0 Å². The lowest BCUT2D eigenvalue weighted by Crippen LogP contribution is -1.97. The number of rotatable bonds is 5. The Balaban J connectivity index is 2.04. The van der Waals surface area contributed by atoms with Gasteiger partial charge in [-0.2, -0.15) is 11.3 Å². The van der Waals surface area contributed by atoms with Crippen molar-refractivity contribution < 1.29 is 0 Å². The van der Waals surface area contributed by atoms with Gasteiger partial charge in [0.25, 0.3) is 0 Å². The maximum absolute atomic E-state index is 5.39. The van der Waals surface area contributed by atoms with Gasteiger partial charge in [0, 0.05) is 0 Å². The highest BCUT2D eigenvalue weighted by atomic mass is 32.1. The molecule has 0 spiro atoms. The molecule has 0 aromatic carbocycles. The summed E-state index contributed by atoms with van der Waals surface area (Å²) in [4.78, 5) is 0. The van der Waals surface area contributed by atoms with Crippen molar-refractivity contribution in [2.45, 2.75) is 25.7 Å². The van der Waals surface area contributed by atoms with Gasteiger partial charge in [0.15, 0.2) is 0 Å². The number of hydrogen-bond donors (Lipinski definition) is 1. The van der Waals surface area contributed by atoms with E-state index in [2.05, 4.69) is 16.8 Å². The lowest BCUT2D eigenvalue weighted by atomic mass is 10.1. The van der Waals surface area contributed by atoms with Crippen LogP contribution in [0, 0.1) is 0 Å². The molecule has 0 saturated heterocycles. The molecule has 0 aliphatic rings. The first kappa shape index (κ1) is 8.75. The van der Waals surface area contributed by atoms with Crippen LogP contribution in [-0.2, 0) is 6.42 Å². The van der Waals surface area contributed by atoms with E-state index >= 15 is 0 Å². The van der Waals surface area contributed by atoms with E-state index in [1.807, 2.05) is 0 Å². The molecule has 1 nitrogen and oxygen atoms in total. The first-order valence-corrected chi connectivity index (χ1v) is 5.09. The Labute approximate surface area is 72.2 Å². The number of thiophene rings is 1. The van der Waals surface area contributed by atoms with Gasteiger partial charge in [0.2, 0.25) is 0 Å². The predicted octanol–water partition coefficient (Wildman–Crippen LogP) is 2.42. The Kier molecular flexibility index (Phi) is 4.24. The maximum atomic E-state index is 5.39. The van der Waals surface area contributed by atoms with Crippen LogP contribution >= 0.6 is 11.3 Å². The van der Waals surface area contributed by atoms with Crippen molar-refractivity contribution in [3.8, 4) is 0 Å². The lowest BCUT2D eigenvalue weighted by Gasteiger charge is -1.96. The van der Waals surface area contributed by atoms with E-state index in [0.29, 0.717) is 0 Å². The van der Waals surface area contributed by atoms with E-state index in [0.717, 1.165) is 6.54 Å². The van der Waals surface area contributed by atoms with Crippen molar-refractivity contribution in [3.05, 3.63) is 22.4 Å². The second-order valence-corrected chi connectivity index (χ2v) is 3.51. The van der Waals surface area contributed by atoms with Gasteiger partial charge in [-0.05, 0) is 48.2 Å². The standard InChI is InChI=1S/C9H15NS/c10-6-3-1-2-4-9-5-7-11-8-9/h5,7-8H,1-4,6,10H2. The molecule has 62 valence electrons. The normalized spacial score (nSPS) is 10.3. The molecule has 1 rings (SSSR count). The molecule has 1 aromatic heterocycles. The molecule has 0 atom stereocenters. The van der Waals surface area contributed by atoms with Crippen LogP contribution in [0.15, 0.2) is 16.8 Å². The highest BCUT2D eigenvalue weighted by Gasteiger charge is 1.92. The zero-order chi connectivity index (χ0) is 7.94. The smallest absolute Gasteiger partial charge is 0.00613 e. The van der Waals surface area contributed by atoms with Crippen LogP contribution in [0.1, 0.15) is 24.8 Å². The van der Waals surface area contributed by atoms with E-state index in [-0.39, 0.29) is 0 Å². The predicted molar refractivity (Wildman–Crippen MR) is 50.9 cm³/mol. The van der Waals surface area contributed by atoms with Crippen molar-refractivity contribution in [3.63, 3.8) is 0 Å². The first-order valence-electron chi connectivity index (χ1n) is 4.14. The summed E-state index contributed by atoms with van der Waals surface area (Å²) in [6.07, 6.45) is 4.95. The van der Waals surface area contributed by atoms with Crippen LogP contribution in [0.2, 0.25) is 0 Å². The van der Waals surface area contributed by atoms with Gasteiger partial charge in [0.05, 0.1) is 0 Å². The Morgan fingerprint density at radius 1 is 1.27 bits per heavy atom. The molecule has 1 heterocycles. The minimum atomic E-state index is 0.837. The second kappa shape index (κ2) is 5.33. The summed E-state index contributed by atoms with van der Waals surface area (Å²) in [5.74, 6) is 0. The third kappa shape index (κ3) is 3.54. The van der Waals surface area contributed by atoms with Crippen LogP contribution in [0.3, 0.4) is 0 Å². The van der Waals surface area contributed by atoms with Crippen molar-refractivity contribution in [2.75, 3.05) is 6.54 Å². The molecule has 0 bridgehead atoms. The molecule has 0 fully saturated rings. The van der Waals surface area contributed by atoms with Crippen molar-refractivity contribution in [2.24, 2.45) is 5.73 Å². The highest BCUT2D eigenvalue weighted by Crippen LogP contribution is 2.09. The molecule has 2 heteroatoms. The summed E-state index contributed by atoms with van der Waals surface area (Å²) in [7, 11) is 0. The van der Waals surface area contributed by atoms with Gasteiger partial charge in [0.1, 0.15) is 0 Å². The van der Waals surface area contributed by atoms with E-state index in [1.165, 1.54) is 31.2 Å². The molecule has 0 amide bonds. The molecule has 0 radical (unpaired) electrons. The number of unbranched alkanes of at least 4 members (excludes halogenated alkanes) is 2. The largest absolute Gasteiger partial charge is 0.330 e. The minimum Gasteiger partial charge on any atom is -0.330 e. The quantitative estimate of drug-likeness (QED) is 0.673. The highest BCUT2D eigenvalue weighted by molar-refractivity contribution is 7.07. The zero-order valence-electron chi connectivity index (χ0n) is 6.75. The van der Waals surface area contributed by atoms with Gasteiger partial charge in [-0.1, -0.05) is 6.42 Å². The number of hydrogen-bond acceptors (Lipinski definition) is 2. The van der Waals surface area contributed by atoms with Crippen LogP contribution < -0.4 is 5.73 Å². The average molecular weight is 169 g/mol. The molecule has 0 aliphatic heterocycles. The van der Waals surface area contributed by atoms with Crippen LogP contribution in [0.5, 0.6) is 0 Å². The maximum Gasteiger partial charge on any atom is -0.00613 e. The fourth-order valence-electron chi connectivity index (χ4n) is 1.09. The van der Waals surface area contributed by atoms with Gasteiger partial charge < -0.3 is 5.73 Å². The molecular weight excluding hydrogens is 154 g/mol. The fraction of sp³-hybridized carbons (Fsp3) is 0.556. The van der Waals surface area contributed by atoms with Gasteiger partial charge in [-0.3, -0.25) is 0 Å². The summed E-state index contributed by atoms with van der Waals surface area (Å²) in [6, 6.07) is 2.20. The Morgan fingerprint density at radius 3 is 2.82 bits per heavy atom. The van der Waals surface area contributed by atoms with Crippen LogP contribution in [0.25, 0.3) is 0 Å². The van der Waals surface area contributed by atoms with Crippen molar-refractivity contribution in [1.82, 2.24) is 0 Å². The SMILES string of the molecule is NCCCCCc1ccsc1. The van der Waals surface area contributed by atoms with Gasteiger partial charge in [-0.25, -0.2) is 0 Å². The van der Waals surface area contributed by atoms with Crippen LogP contribution in [0.4, 0.5) is 0 Å². The van der Waals surface area contributed by atoms with E-state index in [4.69, 9.17) is 5.73 Å². The Bertz CT molecular complexity index is 170. The third-order valence-corrected chi connectivity index (χ3v) is 2.48. The van der Waals surface area contributed by atoms with Crippen molar-refractivity contribution >= 4 is 11.3 Å². The molecular formula is C9H15NS. The molecule has 0 unspecified atom stereocenters. The molecule has 0 saturated carbocycles. The van der Waals surface area contributed by atoms with E-state index < -0.39 is 0 Å². The molecule has 0 aliphatic carbocycles. The lowest BCUT2D eigenvalue weighted by molar-refractivity contribution is 0.687. The third-order valence-electron chi connectivity index (χ3n) is 1.75.